The molecule has 1 N–H and O–H groups in total. The molecule has 3 amide bonds. The highest BCUT2D eigenvalue weighted by atomic mass is 16.5. The van der Waals surface area contributed by atoms with Crippen LogP contribution in [0, 0.1) is 6.92 Å². The van der Waals surface area contributed by atoms with E-state index in [9.17, 15) is 9.59 Å². The highest BCUT2D eigenvalue weighted by molar-refractivity contribution is 5.89. The second kappa shape index (κ2) is 7.21. The fourth-order valence-electron chi connectivity index (χ4n) is 3.35. The minimum atomic E-state index is -0.0539. The van der Waals surface area contributed by atoms with E-state index in [1.54, 1.807) is 17.9 Å². The monoisotopic (exact) mass is 335 g/mol. The standard InChI is InChI=1S/C16H25N5O3/c1-12-11-14(18-24-12)17-15(22)5-8-20-6-3-13(4-7-20)21-10-9-19(2)16(21)23/h11,13H,3-10H2,1-2H3,(H,17,18,22). The van der Waals surface area contributed by atoms with E-state index in [1.165, 1.54) is 0 Å². The molecule has 3 rings (SSSR count). The average Bonchev–Trinajstić information content (AvgIpc) is 3.12. The fourth-order valence-corrected chi connectivity index (χ4v) is 3.35. The molecule has 1 aromatic rings. The molecule has 0 bridgehead atoms. The van der Waals surface area contributed by atoms with E-state index < -0.39 is 0 Å². The molecule has 8 nitrogen and oxygen atoms in total. The van der Waals surface area contributed by atoms with Crippen LogP contribution in [0.4, 0.5) is 10.6 Å². The molecule has 2 fully saturated rings. The number of piperidine rings is 1. The molecule has 0 unspecified atom stereocenters. The molecule has 0 radical (unpaired) electrons. The molecule has 8 heteroatoms. The number of nitrogens with one attached hydrogen (secondary N) is 1. The topological polar surface area (TPSA) is 81.9 Å². The van der Waals surface area contributed by atoms with Gasteiger partial charge in [-0.2, -0.15) is 0 Å². The van der Waals surface area contributed by atoms with Gasteiger partial charge >= 0.3 is 6.03 Å². The largest absolute Gasteiger partial charge is 0.360 e. The molecular weight excluding hydrogens is 310 g/mol. The van der Waals surface area contributed by atoms with E-state index in [1.807, 2.05) is 11.9 Å². The van der Waals surface area contributed by atoms with E-state index in [2.05, 4.69) is 15.4 Å². The SMILES string of the molecule is Cc1cc(NC(=O)CCN2CCC(N3CCN(C)C3=O)CC2)no1. The smallest absolute Gasteiger partial charge is 0.320 e. The number of likely N-dealkylation sites (N-methyl/N-ethyl adjacent to an activating group) is 1. The van der Waals surface area contributed by atoms with Gasteiger partial charge in [0, 0.05) is 58.3 Å². The van der Waals surface area contributed by atoms with Crippen molar-refractivity contribution in [2.45, 2.75) is 32.2 Å². The number of anilines is 1. The molecule has 24 heavy (non-hydrogen) atoms. The van der Waals surface area contributed by atoms with Crippen molar-refractivity contribution in [3.05, 3.63) is 11.8 Å². The van der Waals surface area contributed by atoms with Crippen molar-refractivity contribution in [1.29, 1.82) is 0 Å². The van der Waals surface area contributed by atoms with Gasteiger partial charge in [0.25, 0.3) is 0 Å². The number of amides is 3. The predicted octanol–water partition coefficient (Wildman–Crippen LogP) is 1.14. The van der Waals surface area contributed by atoms with Crippen molar-refractivity contribution in [2.24, 2.45) is 0 Å². The number of nitrogens with zero attached hydrogens (tertiary/aromatic N) is 4. The van der Waals surface area contributed by atoms with E-state index in [-0.39, 0.29) is 11.9 Å². The third kappa shape index (κ3) is 3.87. The number of rotatable bonds is 5. The van der Waals surface area contributed by atoms with Gasteiger partial charge in [0.05, 0.1) is 0 Å². The van der Waals surface area contributed by atoms with Crippen LogP contribution in [0.3, 0.4) is 0 Å². The molecule has 0 aliphatic carbocycles. The minimum absolute atomic E-state index is 0.0539. The Labute approximate surface area is 141 Å². The summed E-state index contributed by atoms with van der Waals surface area (Å²) in [5.74, 6) is 1.09. The van der Waals surface area contributed by atoms with Crippen LogP contribution >= 0.6 is 0 Å². The Hall–Kier alpha value is -2.09. The summed E-state index contributed by atoms with van der Waals surface area (Å²) in [6.07, 6.45) is 2.38. The lowest BCUT2D eigenvalue weighted by molar-refractivity contribution is -0.116. The van der Waals surface area contributed by atoms with Crippen LogP contribution in [0.5, 0.6) is 0 Å². The first-order chi connectivity index (χ1) is 11.5. The molecule has 2 aliphatic heterocycles. The number of hydrogen-bond acceptors (Lipinski definition) is 5. The van der Waals surface area contributed by atoms with Crippen molar-refractivity contribution >= 4 is 17.8 Å². The van der Waals surface area contributed by atoms with Crippen LogP contribution < -0.4 is 5.32 Å². The zero-order valence-electron chi connectivity index (χ0n) is 14.3. The van der Waals surface area contributed by atoms with Crippen LogP contribution in [-0.2, 0) is 4.79 Å². The van der Waals surface area contributed by atoms with Crippen LogP contribution in [-0.4, -0.2) is 77.6 Å². The van der Waals surface area contributed by atoms with E-state index in [4.69, 9.17) is 4.52 Å². The molecule has 0 spiro atoms. The number of hydrogen-bond donors (Lipinski definition) is 1. The van der Waals surface area contributed by atoms with Gasteiger partial charge in [0.1, 0.15) is 5.76 Å². The second-order valence-corrected chi connectivity index (χ2v) is 6.59. The first-order valence-electron chi connectivity index (χ1n) is 8.50. The van der Waals surface area contributed by atoms with Crippen molar-refractivity contribution in [2.75, 3.05) is 45.1 Å². The summed E-state index contributed by atoms with van der Waals surface area (Å²) in [5.41, 5.74) is 0. The molecule has 1 aromatic heterocycles. The lowest BCUT2D eigenvalue weighted by Crippen LogP contribution is -2.46. The fraction of sp³-hybridized carbons (Fsp3) is 0.688. The van der Waals surface area contributed by atoms with Gasteiger partial charge in [0.2, 0.25) is 5.91 Å². The van der Waals surface area contributed by atoms with Crippen molar-refractivity contribution < 1.29 is 14.1 Å². The summed E-state index contributed by atoms with van der Waals surface area (Å²) in [6, 6.07) is 2.19. The van der Waals surface area contributed by atoms with Crippen LogP contribution in [0.2, 0.25) is 0 Å². The molecule has 132 valence electrons. The van der Waals surface area contributed by atoms with E-state index in [0.29, 0.717) is 24.0 Å². The summed E-state index contributed by atoms with van der Waals surface area (Å²) in [6.45, 7) is 6.02. The Bertz CT molecular complexity index is 594. The molecular formula is C16H25N5O3. The number of carbonyl (C=O) groups is 2. The average molecular weight is 335 g/mol. The van der Waals surface area contributed by atoms with E-state index in [0.717, 1.165) is 45.6 Å². The summed E-state index contributed by atoms with van der Waals surface area (Å²) in [5, 5.41) is 6.49. The van der Waals surface area contributed by atoms with Crippen LogP contribution in [0.1, 0.15) is 25.0 Å². The number of urea groups is 1. The zero-order chi connectivity index (χ0) is 17.1. The number of aromatic nitrogens is 1. The summed E-state index contributed by atoms with van der Waals surface area (Å²) >= 11 is 0. The highest BCUT2D eigenvalue weighted by Crippen LogP contribution is 2.20. The Morgan fingerprint density at radius 1 is 1.33 bits per heavy atom. The predicted molar refractivity (Wildman–Crippen MR) is 88.7 cm³/mol. The van der Waals surface area contributed by atoms with Gasteiger partial charge in [-0.1, -0.05) is 5.16 Å². The number of likely N-dealkylation sites (tertiary alicyclic amines) is 1. The third-order valence-corrected chi connectivity index (χ3v) is 4.80. The number of carbonyl (C=O) groups excluding carboxylic acids is 2. The molecule has 0 aromatic carbocycles. The quantitative estimate of drug-likeness (QED) is 0.873. The molecule has 2 aliphatic rings. The van der Waals surface area contributed by atoms with Gasteiger partial charge in [0.15, 0.2) is 5.82 Å². The van der Waals surface area contributed by atoms with Crippen LogP contribution in [0.25, 0.3) is 0 Å². The maximum absolute atomic E-state index is 12.0. The second-order valence-electron chi connectivity index (χ2n) is 6.59. The first-order valence-corrected chi connectivity index (χ1v) is 8.50. The summed E-state index contributed by atoms with van der Waals surface area (Å²) in [4.78, 5) is 30.1. The minimum Gasteiger partial charge on any atom is -0.360 e. The van der Waals surface area contributed by atoms with E-state index >= 15 is 0 Å². The normalized spacial score (nSPS) is 20.0. The Kier molecular flexibility index (Phi) is 5.03. The van der Waals surface area contributed by atoms with Crippen molar-refractivity contribution in [3.63, 3.8) is 0 Å². The summed E-state index contributed by atoms with van der Waals surface area (Å²) in [7, 11) is 1.85. The van der Waals surface area contributed by atoms with Crippen molar-refractivity contribution in [3.8, 4) is 0 Å². The van der Waals surface area contributed by atoms with Crippen molar-refractivity contribution in [1.82, 2.24) is 19.9 Å². The Morgan fingerprint density at radius 3 is 2.67 bits per heavy atom. The van der Waals surface area contributed by atoms with Gasteiger partial charge in [-0.15, -0.1) is 0 Å². The zero-order valence-corrected chi connectivity index (χ0v) is 14.3. The maximum Gasteiger partial charge on any atom is 0.320 e. The Morgan fingerprint density at radius 2 is 2.08 bits per heavy atom. The highest BCUT2D eigenvalue weighted by Gasteiger charge is 2.33. The lowest BCUT2D eigenvalue weighted by Gasteiger charge is -2.36. The van der Waals surface area contributed by atoms with Crippen LogP contribution in [0.15, 0.2) is 10.6 Å². The molecule has 2 saturated heterocycles. The molecule has 0 atom stereocenters. The van der Waals surface area contributed by atoms with Gasteiger partial charge in [-0.3, -0.25) is 4.79 Å². The third-order valence-electron chi connectivity index (χ3n) is 4.80. The van der Waals surface area contributed by atoms with Gasteiger partial charge < -0.3 is 24.5 Å². The first kappa shape index (κ1) is 16.8. The molecule has 3 heterocycles. The lowest BCUT2D eigenvalue weighted by atomic mass is 10.0. The molecule has 0 saturated carbocycles. The Balaban J connectivity index is 1.38. The summed E-state index contributed by atoms with van der Waals surface area (Å²) < 4.78 is 4.93. The van der Waals surface area contributed by atoms with Gasteiger partial charge in [-0.05, 0) is 19.8 Å². The van der Waals surface area contributed by atoms with Gasteiger partial charge in [-0.25, -0.2) is 4.79 Å². The maximum atomic E-state index is 12.0. The number of aryl methyl sites for hydroxylation is 1.